The van der Waals surface area contributed by atoms with Crippen LogP contribution in [0.5, 0.6) is 0 Å². The molecule has 1 N–H and O–H groups in total. The van der Waals surface area contributed by atoms with Crippen LogP contribution in [0.2, 0.25) is 10.2 Å². The first kappa shape index (κ1) is 16.1. The highest BCUT2D eigenvalue weighted by atomic mass is 35.5. The zero-order valence-corrected chi connectivity index (χ0v) is 13.5. The number of fused-ring (bicyclic) bond motifs is 1. The van der Waals surface area contributed by atoms with Gasteiger partial charge in [-0.1, -0.05) is 53.5 Å². The Morgan fingerprint density at radius 3 is 2.62 bits per heavy atom. The van der Waals surface area contributed by atoms with Crippen LogP contribution in [0.15, 0.2) is 47.6 Å². The van der Waals surface area contributed by atoms with Crippen molar-refractivity contribution in [1.29, 1.82) is 0 Å². The van der Waals surface area contributed by atoms with Gasteiger partial charge in [-0.15, -0.1) is 10.2 Å². The minimum absolute atomic E-state index is 0.0691. The summed E-state index contributed by atoms with van der Waals surface area (Å²) in [4.78, 5) is 10.3. The second-order valence-electron chi connectivity index (χ2n) is 4.72. The highest BCUT2D eigenvalue weighted by Gasteiger charge is 2.12. The van der Waals surface area contributed by atoms with E-state index in [0.29, 0.717) is 16.5 Å². The Labute approximate surface area is 146 Å². The molecule has 0 fully saturated rings. The van der Waals surface area contributed by atoms with E-state index < -0.39 is 4.92 Å². The minimum Gasteiger partial charge on any atom is -0.259 e. The lowest BCUT2D eigenvalue weighted by atomic mass is 10.2. The van der Waals surface area contributed by atoms with Gasteiger partial charge in [0.1, 0.15) is 5.02 Å². The number of nitro groups is 1. The van der Waals surface area contributed by atoms with Gasteiger partial charge in [0.15, 0.2) is 11.0 Å². The van der Waals surface area contributed by atoms with Crippen LogP contribution in [0, 0.1) is 10.1 Å². The number of nitrogens with one attached hydrogen (secondary N) is 1. The molecule has 1 aromatic heterocycles. The van der Waals surface area contributed by atoms with E-state index in [1.807, 2.05) is 24.3 Å². The van der Waals surface area contributed by atoms with Crippen LogP contribution in [-0.2, 0) is 0 Å². The molecule has 0 aliphatic carbocycles. The van der Waals surface area contributed by atoms with Gasteiger partial charge in [-0.3, -0.25) is 15.5 Å². The van der Waals surface area contributed by atoms with Crippen LogP contribution in [0.25, 0.3) is 10.8 Å². The summed E-state index contributed by atoms with van der Waals surface area (Å²) in [5.74, 6) is 0.426. The van der Waals surface area contributed by atoms with E-state index in [4.69, 9.17) is 23.2 Å². The van der Waals surface area contributed by atoms with Gasteiger partial charge in [0.05, 0.1) is 11.1 Å². The summed E-state index contributed by atoms with van der Waals surface area (Å²) in [6, 6.07) is 11.7. The molecule has 0 spiro atoms. The van der Waals surface area contributed by atoms with Gasteiger partial charge in [-0.2, -0.15) is 5.10 Å². The molecule has 7 nitrogen and oxygen atoms in total. The zero-order chi connectivity index (χ0) is 17.1. The first-order chi connectivity index (χ1) is 11.6. The predicted molar refractivity (Wildman–Crippen MR) is 93.9 cm³/mol. The van der Waals surface area contributed by atoms with Gasteiger partial charge >= 0.3 is 0 Å². The molecule has 3 rings (SSSR count). The number of hydrogen-bond acceptors (Lipinski definition) is 6. The molecule has 2 aromatic carbocycles. The van der Waals surface area contributed by atoms with Gasteiger partial charge < -0.3 is 0 Å². The number of aromatic nitrogens is 2. The second-order valence-corrected chi connectivity index (χ2v) is 5.49. The summed E-state index contributed by atoms with van der Waals surface area (Å²) in [6.45, 7) is 0. The molecule has 9 heteroatoms. The van der Waals surface area contributed by atoms with Crippen molar-refractivity contribution in [1.82, 2.24) is 10.2 Å². The van der Waals surface area contributed by atoms with Crippen LogP contribution in [-0.4, -0.2) is 21.3 Å². The molecule has 0 atom stereocenters. The summed E-state index contributed by atoms with van der Waals surface area (Å²) in [7, 11) is 0. The number of rotatable bonds is 4. The maximum atomic E-state index is 10.9. The summed E-state index contributed by atoms with van der Waals surface area (Å²) < 4.78 is 0. The van der Waals surface area contributed by atoms with E-state index in [1.165, 1.54) is 18.3 Å². The summed E-state index contributed by atoms with van der Waals surface area (Å²) in [5.41, 5.74) is 3.10. The largest absolute Gasteiger partial charge is 0.288 e. The Balaban J connectivity index is 1.86. The Hall–Kier alpha value is -2.77. The molecule has 0 unspecified atom stereocenters. The number of nitro benzene ring substituents is 1. The van der Waals surface area contributed by atoms with E-state index in [2.05, 4.69) is 20.7 Å². The molecule has 120 valence electrons. The molecular formula is C15H9Cl2N5O2. The van der Waals surface area contributed by atoms with Crippen molar-refractivity contribution in [2.45, 2.75) is 0 Å². The summed E-state index contributed by atoms with van der Waals surface area (Å²) >= 11 is 11.8. The third-order valence-electron chi connectivity index (χ3n) is 3.19. The van der Waals surface area contributed by atoms with Crippen molar-refractivity contribution in [2.75, 3.05) is 5.43 Å². The second kappa shape index (κ2) is 6.77. The van der Waals surface area contributed by atoms with Crippen molar-refractivity contribution in [2.24, 2.45) is 5.10 Å². The third-order valence-corrected chi connectivity index (χ3v) is 3.79. The SMILES string of the molecule is O=[N+]([O-])c1cc(C=NNc2nnc(Cl)c3ccccc23)ccc1Cl. The lowest BCUT2D eigenvalue weighted by molar-refractivity contribution is -0.384. The quantitative estimate of drug-likeness (QED) is 0.425. The predicted octanol–water partition coefficient (Wildman–Crippen LogP) is 4.29. The Morgan fingerprint density at radius 1 is 1.12 bits per heavy atom. The smallest absolute Gasteiger partial charge is 0.259 e. The molecule has 0 saturated heterocycles. The number of halogens is 2. The molecular weight excluding hydrogens is 353 g/mol. The van der Waals surface area contributed by atoms with E-state index in [1.54, 1.807) is 6.07 Å². The fourth-order valence-electron chi connectivity index (χ4n) is 2.07. The standard InChI is InChI=1S/C15H9Cl2N5O2/c16-12-6-5-9(7-13(12)22(23)24)8-18-20-15-11-4-2-1-3-10(11)14(17)19-21-15/h1-8H,(H,20,21). The average Bonchev–Trinajstić information content (AvgIpc) is 2.58. The van der Waals surface area contributed by atoms with Crippen LogP contribution < -0.4 is 5.43 Å². The van der Waals surface area contributed by atoms with Crippen LogP contribution in [0.1, 0.15) is 5.56 Å². The molecule has 0 radical (unpaired) electrons. The van der Waals surface area contributed by atoms with Gasteiger partial charge in [0.25, 0.3) is 5.69 Å². The van der Waals surface area contributed by atoms with Crippen molar-refractivity contribution in [3.05, 3.63) is 68.3 Å². The van der Waals surface area contributed by atoms with Crippen LogP contribution in [0.3, 0.4) is 0 Å². The lowest BCUT2D eigenvalue weighted by Gasteiger charge is -2.04. The van der Waals surface area contributed by atoms with Gasteiger partial charge in [0, 0.05) is 22.4 Å². The maximum Gasteiger partial charge on any atom is 0.288 e. The van der Waals surface area contributed by atoms with E-state index in [9.17, 15) is 10.1 Å². The minimum atomic E-state index is -0.550. The van der Waals surface area contributed by atoms with Crippen LogP contribution >= 0.6 is 23.2 Å². The average molecular weight is 362 g/mol. The topological polar surface area (TPSA) is 93.3 Å². The Morgan fingerprint density at radius 2 is 1.88 bits per heavy atom. The molecule has 0 aliphatic heterocycles. The lowest BCUT2D eigenvalue weighted by Crippen LogP contribution is -1.98. The number of benzene rings is 2. The van der Waals surface area contributed by atoms with E-state index in [-0.39, 0.29) is 10.7 Å². The monoisotopic (exact) mass is 361 g/mol. The van der Waals surface area contributed by atoms with Gasteiger partial charge in [-0.05, 0) is 6.07 Å². The number of hydrazone groups is 1. The number of nitrogens with zero attached hydrogens (tertiary/aromatic N) is 4. The molecule has 3 aromatic rings. The normalized spacial score (nSPS) is 11.1. The highest BCUT2D eigenvalue weighted by Crippen LogP contribution is 2.26. The molecule has 0 amide bonds. The van der Waals surface area contributed by atoms with E-state index >= 15 is 0 Å². The third kappa shape index (κ3) is 3.27. The van der Waals surface area contributed by atoms with Gasteiger partial charge in [-0.25, -0.2) is 0 Å². The fraction of sp³-hybridized carbons (Fsp3) is 0. The maximum absolute atomic E-state index is 10.9. The van der Waals surface area contributed by atoms with Crippen molar-refractivity contribution in [3.8, 4) is 0 Å². The number of anilines is 1. The van der Waals surface area contributed by atoms with E-state index in [0.717, 1.165) is 10.8 Å². The highest BCUT2D eigenvalue weighted by molar-refractivity contribution is 6.34. The zero-order valence-electron chi connectivity index (χ0n) is 12.0. The van der Waals surface area contributed by atoms with Gasteiger partial charge in [0.2, 0.25) is 0 Å². The first-order valence-corrected chi connectivity index (χ1v) is 7.46. The van der Waals surface area contributed by atoms with Crippen molar-refractivity contribution < 1.29 is 4.92 Å². The molecule has 0 saturated carbocycles. The van der Waals surface area contributed by atoms with Crippen LogP contribution in [0.4, 0.5) is 11.5 Å². The van der Waals surface area contributed by atoms with Crippen molar-refractivity contribution in [3.63, 3.8) is 0 Å². The molecule has 0 bridgehead atoms. The number of hydrogen-bond donors (Lipinski definition) is 1. The fourth-order valence-corrected chi connectivity index (χ4v) is 2.46. The Bertz CT molecular complexity index is 962. The molecule has 24 heavy (non-hydrogen) atoms. The first-order valence-electron chi connectivity index (χ1n) is 6.70. The molecule has 1 heterocycles. The van der Waals surface area contributed by atoms with Crippen molar-refractivity contribution >= 4 is 51.7 Å². The Kier molecular flexibility index (Phi) is 4.54. The summed E-state index contributed by atoms with van der Waals surface area (Å²) in [6.07, 6.45) is 1.42. The molecule has 0 aliphatic rings. The summed E-state index contributed by atoms with van der Waals surface area (Å²) in [5, 5.41) is 24.6.